The van der Waals surface area contributed by atoms with Gasteiger partial charge in [-0.2, -0.15) is 0 Å². The van der Waals surface area contributed by atoms with Gasteiger partial charge in [0.1, 0.15) is 0 Å². The van der Waals surface area contributed by atoms with Crippen molar-refractivity contribution in [1.82, 2.24) is 5.32 Å². The molecule has 0 saturated carbocycles. The Kier molecular flexibility index (Phi) is 5.26. The summed E-state index contributed by atoms with van der Waals surface area (Å²) in [5.74, 6) is 0. The van der Waals surface area contributed by atoms with Crippen molar-refractivity contribution < 1.29 is 0 Å². The van der Waals surface area contributed by atoms with Crippen LogP contribution in [0.3, 0.4) is 0 Å². The third-order valence-electron chi connectivity index (χ3n) is 3.39. The van der Waals surface area contributed by atoms with Crippen molar-refractivity contribution in [3.05, 3.63) is 64.0 Å². The molecule has 0 aliphatic heterocycles. The van der Waals surface area contributed by atoms with Gasteiger partial charge in [-0.1, -0.05) is 42.0 Å². The molecule has 0 bridgehead atoms. The molecule has 3 rings (SSSR count). The SMILES string of the molecule is CNCc1ccc(C2=CC=CC2)c(NSc2ccc(Cl)s2)c1. The van der Waals surface area contributed by atoms with Gasteiger partial charge in [-0.15, -0.1) is 11.3 Å². The highest BCUT2D eigenvalue weighted by Crippen LogP contribution is 2.35. The maximum atomic E-state index is 6.00. The van der Waals surface area contributed by atoms with Crippen molar-refractivity contribution in [3.63, 3.8) is 0 Å². The van der Waals surface area contributed by atoms with E-state index in [1.54, 1.807) is 23.3 Å². The molecule has 1 heterocycles. The molecule has 2 aromatic rings. The first-order chi connectivity index (χ1) is 10.8. The molecule has 1 aromatic carbocycles. The lowest BCUT2D eigenvalue weighted by Gasteiger charge is -2.14. The molecule has 0 atom stereocenters. The number of halogens is 1. The van der Waals surface area contributed by atoms with Crippen molar-refractivity contribution in [2.75, 3.05) is 11.8 Å². The van der Waals surface area contributed by atoms with Crippen LogP contribution < -0.4 is 10.0 Å². The van der Waals surface area contributed by atoms with Crippen molar-refractivity contribution in [2.24, 2.45) is 0 Å². The molecule has 114 valence electrons. The van der Waals surface area contributed by atoms with E-state index in [9.17, 15) is 0 Å². The van der Waals surface area contributed by atoms with Gasteiger partial charge in [0.05, 0.1) is 14.2 Å². The number of nitrogens with one attached hydrogen (secondary N) is 2. The van der Waals surface area contributed by atoms with E-state index in [1.807, 2.05) is 19.2 Å². The molecule has 5 heteroatoms. The summed E-state index contributed by atoms with van der Waals surface area (Å²) < 4.78 is 5.47. The summed E-state index contributed by atoms with van der Waals surface area (Å²) in [7, 11) is 1.97. The maximum absolute atomic E-state index is 6.00. The lowest BCUT2D eigenvalue weighted by molar-refractivity contribution is 0.818. The number of benzene rings is 1. The van der Waals surface area contributed by atoms with Gasteiger partial charge in [0.25, 0.3) is 0 Å². The fourth-order valence-corrected chi connectivity index (χ4v) is 4.37. The van der Waals surface area contributed by atoms with E-state index in [4.69, 9.17) is 11.6 Å². The molecular weight excluding hydrogens is 332 g/mol. The molecule has 0 unspecified atom stereocenters. The van der Waals surface area contributed by atoms with Gasteiger partial charge < -0.3 is 10.0 Å². The summed E-state index contributed by atoms with van der Waals surface area (Å²) >= 11 is 9.19. The van der Waals surface area contributed by atoms with Crippen LogP contribution in [0.2, 0.25) is 4.34 Å². The lowest BCUT2D eigenvalue weighted by atomic mass is 10.0. The summed E-state index contributed by atoms with van der Waals surface area (Å²) in [6, 6.07) is 10.6. The van der Waals surface area contributed by atoms with Crippen molar-refractivity contribution >= 4 is 46.1 Å². The lowest BCUT2D eigenvalue weighted by Crippen LogP contribution is -2.05. The second-order valence-electron chi connectivity index (χ2n) is 5.00. The fraction of sp³-hybridized carbons (Fsp3) is 0.176. The Bertz CT molecular complexity index is 719. The van der Waals surface area contributed by atoms with Gasteiger partial charge in [-0.25, -0.2) is 0 Å². The van der Waals surface area contributed by atoms with E-state index in [-0.39, 0.29) is 0 Å². The largest absolute Gasteiger partial charge is 0.324 e. The van der Waals surface area contributed by atoms with E-state index >= 15 is 0 Å². The summed E-state index contributed by atoms with van der Waals surface area (Å²) in [5.41, 5.74) is 5.03. The first kappa shape index (κ1) is 15.7. The van der Waals surface area contributed by atoms with Gasteiger partial charge in [-0.3, -0.25) is 0 Å². The van der Waals surface area contributed by atoms with Crippen LogP contribution in [0.1, 0.15) is 17.5 Å². The highest BCUT2D eigenvalue weighted by molar-refractivity contribution is 8.02. The van der Waals surface area contributed by atoms with Crippen LogP contribution in [0, 0.1) is 0 Å². The van der Waals surface area contributed by atoms with Crippen LogP contribution in [0.5, 0.6) is 0 Å². The zero-order valence-corrected chi connectivity index (χ0v) is 14.6. The number of thiophene rings is 1. The first-order valence-corrected chi connectivity index (χ1v) is 9.09. The zero-order chi connectivity index (χ0) is 15.4. The number of hydrogen-bond acceptors (Lipinski definition) is 4. The predicted octanol–water partition coefficient (Wildman–Crippen LogP) is 5.58. The Hall–Kier alpha value is -1.20. The molecule has 2 N–H and O–H groups in total. The zero-order valence-electron chi connectivity index (χ0n) is 12.2. The second-order valence-corrected chi connectivity index (χ2v) is 7.82. The van der Waals surface area contributed by atoms with Crippen molar-refractivity contribution in [2.45, 2.75) is 17.2 Å². The Balaban J connectivity index is 1.83. The molecule has 0 spiro atoms. The van der Waals surface area contributed by atoms with E-state index in [0.29, 0.717) is 0 Å². The molecule has 0 radical (unpaired) electrons. The normalized spacial score (nSPS) is 13.5. The monoisotopic (exact) mass is 348 g/mol. The van der Waals surface area contributed by atoms with Crippen molar-refractivity contribution in [3.8, 4) is 0 Å². The summed E-state index contributed by atoms with van der Waals surface area (Å²) in [4.78, 5) is 0. The molecule has 0 fully saturated rings. The Labute approximate surface area is 144 Å². The summed E-state index contributed by atoms with van der Waals surface area (Å²) in [5, 5.41) is 3.20. The molecule has 0 saturated heterocycles. The van der Waals surface area contributed by atoms with E-state index in [1.165, 1.54) is 16.7 Å². The number of hydrogen-bond donors (Lipinski definition) is 2. The summed E-state index contributed by atoms with van der Waals surface area (Å²) in [6.07, 6.45) is 7.49. The molecule has 22 heavy (non-hydrogen) atoms. The Morgan fingerprint density at radius 3 is 2.86 bits per heavy atom. The van der Waals surface area contributed by atoms with E-state index in [2.05, 4.69) is 46.5 Å². The number of allylic oxidation sites excluding steroid dienone is 4. The average molecular weight is 349 g/mol. The number of rotatable bonds is 6. The number of anilines is 1. The van der Waals surface area contributed by atoms with E-state index < -0.39 is 0 Å². The van der Waals surface area contributed by atoms with Gasteiger partial charge >= 0.3 is 0 Å². The topological polar surface area (TPSA) is 24.1 Å². The Morgan fingerprint density at radius 2 is 2.18 bits per heavy atom. The molecule has 1 aromatic heterocycles. The van der Waals surface area contributed by atoms with Crippen LogP contribution in [-0.2, 0) is 6.54 Å². The predicted molar refractivity (Wildman–Crippen MR) is 99.7 cm³/mol. The van der Waals surface area contributed by atoms with Gasteiger partial charge in [0, 0.05) is 12.1 Å². The molecular formula is C17H17ClN2S2. The van der Waals surface area contributed by atoms with Crippen LogP contribution in [0.4, 0.5) is 5.69 Å². The maximum Gasteiger partial charge on any atom is 0.0940 e. The standard InChI is InChI=1S/C17H17ClN2S2/c1-19-11-12-6-7-14(13-4-2-3-5-13)15(10-12)20-22-17-9-8-16(18)21-17/h2-4,6-10,19-20H,5,11H2,1H3. The Morgan fingerprint density at radius 1 is 1.27 bits per heavy atom. The molecule has 0 amide bonds. The van der Waals surface area contributed by atoms with Crippen molar-refractivity contribution in [1.29, 1.82) is 0 Å². The van der Waals surface area contributed by atoms with Gasteiger partial charge in [-0.05, 0) is 54.8 Å². The smallest absolute Gasteiger partial charge is 0.0940 e. The van der Waals surface area contributed by atoms with Crippen LogP contribution >= 0.6 is 34.9 Å². The summed E-state index contributed by atoms with van der Waals surface area (Å²) in [6.45, 7) is 0.863. The minimum absolute atomic E-state index is 0.816. The second kappa shape index (κ2) is 7.38. The quantitative estimate of drug-likeness (QED) is 0.666. The highest BCUT2D eigenvalue weighted by atomic mass is 35.5. The van der Waals surface area contributed by atoms with Crippen LogP contribution in [0.15, 0.2) is 52.8 Å². The molecule has 1 aliphatic carbocycles. The average Bonchev–Trinajstić information content (AvgIpc) is 3.17. The highest BCUT2D eigenvalue weighted by Gasteiger charge is 2.11. The minimum atomic E-state index is 0.816. The minimum Gasteiger partial charge on any atom is -0.324 e. The third-order valence-corrected chi connectivity index (χ3v) is 5.58. The van der Waals surface area contributed by atoms with Gasteiger partial charge in [0.15, 0.2) is 0 Å². The fourth-order valence-electron chi connectivity index (χ4n) is 2.37. The first-order valence-electron chi connectivity index (χ1n) is 7.08. The van der Waals surface area contributed by atoms with E-state index in [0.717, 1.165) is 27.2 Å². The van der Waals surface area contributed by atoms with Crippen LogP contribution in [-0.4, -0.2) is 7.05 Å². The molecule has 2 nitrogen and oxygen atoms in total. The van der Waals surface area contributed by atoms with Gasteiger partial charge in [0.2, 0.25) is 0 Å². The third kappa shape index (κ3) is 3.76. The van der Waals surface area contributed by atoms with Crippen LogP contribution in [0.25, 0.3) is 5.57 Å². The molecule has 1 aliphatic rings.